The number of aryl methyl sites for hydroxylation is 1. The summed E-state index contributed by atoms with van der Waals surface area (Å²) >= 11 is 1.56. The summed E-state index contributed by atoms with van der Waals surface area (Å²) in [7, 11) is 0. The number of ether oxygens (including phenoxy) is 1. The molecular formula is C28H26FN5O2S. The van der Waals surface area contributed by atoms with Crippen LogP contribution in [0.4, 0.5) is 10.2 Å². The molecule has 6 rings (SSSR count). The maximum atomic E-state index is 15.1. The number of nitrogens with zero attached hydrogens (tertiary/aromatic N) is 5. The van der Waals surface area contributed by atoms with Gasteiger partial charge < -0.3 is 14.5 Å². The van der Waals surface area contributed by atoms with Crippen molar-refractivity contribution in [2.24, 2.45) is 5.41 Å². The number of benzene rings is 1. The van der Waals surface area contributed by atoms with Crippen molar-refractivity contribution in [1.82, 2.24) is 14.9 Å². The van der Waals surface area contributed by atoms with Crippen LogP contribution in [0.3, 0.4) is 0 Å². The van der Waals surface area contributed by atoms with Gasteiger partial charge in [-0.05, 0) is 25.5 Å². The molecule has 0 N–H and O–H groups in total. The summed E-state index contributed by atoms with van der Waals surface area (Å²) < 4.78 is 21.4. The first-order valence-electron chi connectivity index (χ1n) is 12.3. The van der Waals surface area contributed by atoms with Crippen molar-refractivity contribution in [2.75, 3.05) is 31.1 Å². The minimum Gasteiger partial charge on any atom is -0.367 e. The third kappa shape index (κ3) is 3.92. The molecule has 3 aliphatic rings. The number of thiazole rings is 1. The van der Waals surface area contributed by atoms with Gasteiger partial charge in [-0.2, -0.15) is 5.26 Å². The molecule has 7 nitrogen and oxygen atoms in total. The van der Waals surface area contributed by atoms with E-state index in [0.717, 1.165) is 34.8 Å². The second-order valence-corrected chi connectivity index (χ2v) is 11.0. The highest BCUT2D eigenvalue weighted by Gasteiger charge is 2.49. The second kappa shape index (κ2) is 9.05. The standard InChI is InChI=1S/C28H26FN5O2S/c1-3-24(35)34-14-28(15-34)8-9-33(13-28)27-19(11-30)25(18-6-4-5-7-21(18)29)20-12-36-23(10-22(20)32-27)26-17(2)31-16-37-26/h3-7,16,23H,1,8-10,12-15H2,2H3/t23-/m0/s1. The first-order chi connectivity index (χ1) is 17.9. The summed E-state index contributed by atoms with van der Waals surface area (Å²) in [6.45, 7) is 8.55. The highest BCUT2D eigenvalue weighted by atomic mass is 32.1. The summed E-state index contributed by atoms with van der Waals surface area (Å²) in [5.41, 5.74) is 5.65. The van der Waals surface area contributed by atoms with Crippen LogP contribution in [0.1, 0.15) is 39.9 Å². The fraction of sp³-hybridized carbons (Fsp3) is 0.357. The van der Waals surface area contributed by atoms with Crippen molar-refractivity contribution in [2.45, 2.75) is 32.5 Å². The molecule has 0 unspecified atom stereocenters. The lowest BCUT2D eigenvalue weighted by Crippen LogP contribution is -2.59. The number of fused-ring (bicyclic) bond motifs is 1. The van der Waals surface area contributed by atoms with Gasteiger partial charge in [-0.25, -0.2) is 14.4 Å². The Morgan fingerprint density at radius 1 is 1.35 bits per heavy atom. The van der Waals surface area contributed by atoms with Crippen molar-refractivity contribution < 1.29 is 13.9 Å². The number of amides is 1. The monoisotopic (exact) mass is 515 g/mol. The molecule has 1 atom stereocenters. The van der Waals surface area contributed by atoms with E-state index in [1.807, 2.05) is 12.4 Å². The molecule has 1 aromatic carbocycles. The lowest BCUT2D eigenvalue weighted by Gasteiger charge is -2.47. The minimum absolute atomic E-state index is 0.0213. The van der Waals surface area contributed by atoms with Gasteiger partial charge in [-0.3, -0.25) is 4.79 Å². The van der Waals surface area contributed by atoms with Gasteiger partial charge >= 0.3 is 0 Å². The van der Waals surface area contributed by atoms with Gasteiger partial charge in [0.05, 0.1) is 34.5 Å². The number of likely N-dealkylation sites (tertiary alicyclic amines) is 1. The van der Waals surface area contributed by atoms with Crippen LogP contribution in [0.2, 0.25) is 0 Å². The van der Waals surface area contributed by atoms with Gasteiger partial charge in [0.15, 0.2) is 0 Å². The van der Waals surface area contributed by atoms with Gasteiger partial charge in [0.1, 0.15) is 23.3 Å². The van der Waals surface area contributed by atoms with Crippen molar-refractivity contribution in [3.63, 3.8) is 0 Å². The molecule has 0 aliphatic carbocycles. The third-order valence-corrected chi connectivity index (χ3v) is 8.80. The van der Waals surface area contributed by atoms with Crippen LogP contribution in [-0.2, 0) is 22.6 Å². The Morgan fingerprint density at radius 3 is 2.86 bits per heavy atom. The Kier molecular flexibility index (Phi) is 5.81. The summed E-state index contributed by atoms with van der Waals surface area (Å²) in [5.74, 6) is 0.153. The maximum Gasteiger partial charge on any atom is 0.245 e. The van der Waals surface area contributed by atoms with E-state index in [-0.39, 0.29) is 29.9 Å². The van der Waals surface area contributed by atoms with Gasteiger partial charge in [0, 0.05) is 54.7 Å². The average Bonchev–Trinajstić information content (AvgIpc) is 3.53. The summed E-state index contributed by atoms with van der Waals surface area (Å²) in [5, 5.41) is 10.3. The van der Waals surface area contributed by atoms with E-state index in [2.05, 4.69) is 22.5 Å². The van der Waals surface area contributed by atoms with Gasteiger partial charge in [0.25, 0.3) is 0 Å². The van der Waals surface area contributed by atoms with Crippen LogP contribution in [0.25, 0.3) is 11.1 Å². The summed E-state index contributed by atoms with van der Waals surface area (Å²) in [4.78, 5) is 26.4. The van der Waals surface area contributed by atoms with Crippen LogP contribution in [0.15, 0.2) is 42.4 Å². The van der Waals surface area contributed by atoms with Crippen LogP contribution in [0.5, 0.6) is 0 Å². The predicted octanol–water partition coefficient (Wildman–Crippen LogP) is 4.56. The Hall–Kier alpha value is -3.61. The molecular weight excluding hydrogens is 489 g/mol. The third-order valence-electron chi connectivity index (χ3n) is 7.78. The zero-order chi connectivity index (χ0) is 25.7. The molecule has 1 amide bonds. The smallest absolute Gasteiger partial charge is 0.245 e. The van der Waals surface area contributed by atoms with E-state index in [1.165, 1.54) is 12.1 Å². The predicted molar refractivity (Wildman–Crippen MR) is 138 cm³/mol. The topological polar surface area (TPSA) is 82.4 Å². The maximum absolute atomic E-state index is 15.1. The number of hydrogen-bond acceptors (Lipinski definition) is 7. The molecule has 2 aromatic heterocycles. The van der Waals surface area contributed by atoms with Crippen molar-refractivity contribution in [1.29, 1.82) is 5.26 Å². The van der Waals surface area contributed by atoms with E-state index in [0.29, 0.717) is 48.6 Å². The number of aromatic nitrogens is 2. The van der Waals surface area contributed by atoms with E-state index in [1.54, 1.807) is 34.4 Å². The molecule has 1 spiro atoms. The number of carbonyl (C=O) groups is 1. The van der Waals surface area contributed by atoms with Gasteiger partial charge in [-0.15, -0.1) is 11.3 Å². The zero-order valence-corrected chi connectivity index (χ0v) is 21.4. The zero-order valence-electron chi connectivity index (χ0n) is 20.5. The highest BCUT2D eigenvalue weighted by Crippen LogP contribution is 2.45. The van der Waals surface area contributed by atoms with E-state index in [4.69, 9.17) is 9.72 Å². The van der Waals surface area contributed by atoms with Crippen LogP contribution in [-0.4, -0.2) is 47.0 Å². The minimum atomic E-state index is -0.380. The number of carbonyl (C=O) groups excluding carboxylic acids is 1. The molecule has 0 radical (unpaired) electrons. The SMILES string of the molecule is C=CC(=O)N1CC2(CCN(c3nc4c(c(-c5ccccc5F)c3C#N)CO[C@H](c3scnc3C)C4)C2)C1. The Balaban J connectivity index is 1.42. The van der Waals surface area contributed by atoms with Crippen LogP contribution < -0.4 is 4.90 Å². The molecule has 0 bridgehead atoms. The highest BCUT2D eigenvalue weighted by molar-refractivity contribution is 7.09. The number of hydrogen-bond donors (Lipinski definition) is 0. The quantitative estimate of drug-likeness (QED) is 0.474. The van der Waals surface area contributed by atoms with E-state index < -0.39 is 0 Å². The molecule has 0 saturated carbocycles. The molecule has 3 aliphatic heterocycles. The molecule has 37 heavy (non-hydrogen) atoms. The number of pyridine rings is 1. The fourth-order valence-electron chi connectivity index (χ4n) is 5.91. The first kappa shape index (κ1) is 23.8. The average molecular weight is 516 g/mol. The van der Waals surface area contributed by atoms with Crippen molar-refractivity contribution in [3.05, 3.63) is 75.6 Å². The largest absolute Gasteiger partial charge is 0.367 e. The van der Waals surface area contributed by atoms with E-state index >= 15 is 4.39 Å². The molecule has 188 valence electrons. The summed E-state index contributed by atoms with van der Waals surface area (Å²) in [6, 6.07) is 8.91. The molecule has 9 heteroatoms. The van der Waals surface area contributed by atoms with Crippen LogP contribution >= 0.6 is 11.3 Å². The fourth-order valence-corrected chi connectivity index (χ4v) is 6.76. The van der Waals surface area contributed by atoms with E-state index in [9.17, 15) is 10.1 Å². The van der Waals surface area contributed by atoms with Gasteiger partial charge in [0.2, 0.25) is 5.91 Å². The Morgan fingerprint density at radius 2 is 2.16 bits per heavy atom. The normalized spacial score (nSPS) is 19.9. The number of anilines is 1. The lowest BCUT2D eigenvalue weighted by molar-refractivity contribution is -0.136. The van der Waals surface area contributed by atoms with Crippen LogP contribution in [0, 0.1) is 29.5 Å². The molecule has 5 heterocycles. The molecule has 2 saturated heterocycles. The lowest BCUT2D eigenvalue weighted by atomic mass is 9.79. The summed E-state index contributed by atoms with van der Waals surface area (Å²) in [6.07, 6.45) is 2.59. The first-order valence-corrected chi connectivity index (χ1v) is 13.2. The number of nitriles is 1. The van der Waals surface area contributed by atoms with Gasteiger partial charge in [-0.1, -0.05) is 24.8 Å². The van der Waals surface area contributed by atoms with Crippen molar-refractivity contribution >= 4 is 23.1 Å². The molecule has 3 aromatic rings. The Labute approximate surface area is 218 Å². The number of halogens is 1. The second-order valence-electron chi connectivity index (χ2n) is 10.1. The molecule has 2 fully saturated rings. The Bertz CT molecular complexity index is 1460. The van der Waals surface area contributed by atoms with Crippen molar-refractivity contribution in [3.8, 4) is 17.2 Å². The number of rotatable bonds is 4.